The smallest absolute Gasteiger partial charge is 0.234 e. The molecule has 1 saturated heterocycles. The maximum atomic E-state index is 12.0. The Morgan fingerprint density at radius 2 is 1.90 bits per heavy atom. The molecule has 2 rings (SSSR count). The van der Waals surface area contributed by atoms with Crippen LogP contribution in [0.5, 0.6) is 0 Å². The third kappa shape index (κ3) is 5.85. The van der Waals surface area contributed by atoms with E-state index in [1.165, 1.54) is 12.8 Å². The van der Waals surface area contributed by atoms with E-state index in [1.54, 1.807) is 6.08 Å². The minimum Gasteiger partial charge on any atom is -0.352 e. The first kappa shape index (κ1) is 16.0. The molecule has 0 bridgehead atoms. The molecule has 2 amide bonds. The Hall–Kier alpha value is -1.40. The Balaban J connectivity index is 1.59. The largest absolute Gasteiger partial charge is 0.352 e. The van der Waals surface area contributed by atoms with E-state index in [4.69, 9.17) is 0 Å². The molecule has 118 valence electrons. The highest BCUT2D eigenvalue weighted by Gasteiger charge is 2.23. The quantitative estimate of drug-likeness (QED) is 0.597. The summed E-state index contributed by atoms with van der Waals surface area (Å²) in [5, 5.41) is 6.13. The lowest BCUT2D eigenvalue weighted by molar-refractivity contribution is -0.133. The number of carbonyl (C=O) groups is 2. The van der Waals surface area contributed by atoms with E-state index in [-0.39, 0.29) is 11.8 Å². The van der Waals surface area contributed by atoms with E-state index in [1.807, 2.05) is 4.90 Å². The first-order valence-electron chi connectivity index (χ1n) is 7.80. The molecule has 0 spiro atoms. The molecule has 2 aliphatic rings. The molecule has 6 heteroatoms. The second kappa shape index (κ2) is 8.14. The van der Waals surface area contributed by atoms with Gasteiger partial charge < -0.3 is 15.5 Å². The third-order valence-corrected chi connectivity index (χ3v) is 3.89. The van der Waals surface area contributed by atoms with Crippen molar-refractivity contribution in [2.45, 2.75) is 25.3 Å². The molecule has 0 aromatic carbocycles. The van der Waals surface area contributed by atoms with E-state index in [0.29, 0.717) is 25.6 Å². The van der Waals surface area contributed by atoms with Crippen LogP contribution >= 0.6 is 0 Å². The predicted octanol–water partition coefficient (Wildman–Crippen LogP) is -0.425. The third-order valence-electron chi connectivity index (χ3n) is 3.89. The molecule has 2 fully saturated rings. The van der Waals surface area contributed by atoms with Crippen molar-refractivity contribution in [3.63, 3.8) is 0 Å². The first-order valence-corrected chi connectivity index (χ1v) is 7.80. The highest BCUT2D eigenvalue weighted by atomic mass is 16.2. The first-order chi connectivity index (χ1) is 10.2. The minimum absolute atomic E-state index is 0.0170. The molecule has 0 radical (unpaired) electrons. The normalized spacial score (nSPS) is 19.3. The zero-order valence-electron chi connectivity index (χ0n) is 12.6. The molecular weight excluding hydrogens is 268 g/mol. The van der Waals surface area contributed by atoms with E-state index in [9.17, 15) is 9.59 Å². The second-order valence-electron chi connectivity index (χ2n) is 5.73. The Kier molecular flexibility index (Phi) is 6.20. The van der Waals surface area contributed by atoms with Crippen molar-refractivity contribution in [1.82, 2.24) is 20.4 Å². The van der Waals surface area contributed by atoms with Gasteiger partial charge in [-0.25, -0.2) is 0 Å². The maximum Gasteiger partial charge on any atom is 0.234 e. The zero-order chi connectivity index (χ0) is 15.1. The fraction of sp³-hybridized carbons (Fsp3) is 0.733. The number of amides is 2. The molecule has 1 aliphatic heterocycles. The molecule has 0 aromatic rings. The predicted molar refractivity (Wildman–Crippen MR) is 81.9 cm³/mol. The van der Waals surface area contributed by atoms with Crippen LogP contribution in [0.2, 0.25) is 0 Å². The lowest BCUT2D eigenvalue weighted by atomic mass is 10.2. The van der Waals surface area contributed by atoms with Crippen molar-refractivity contribution in [3.05, 3.63) is 12.7 Å². The van der Waals surface area contributed by atoms with E-state index in [0.717, 1.165) is 32.7 Å². The van der Waals surface area contributed by atoms with Gasteiger partial charge in [-0.15, -0.1) is 6.58 Å². The summed E-state index contributed by atoms with van der Waals surface area (Å²) in [7, 11) is 0. The Labute approximate surface area is 126 Å². The van der Waals surface area contributed by atoms with Gasteiger partial charge >= 0.3 is 0 Å². The van der Waals surface area contributed by atoms with Gasteiger partial charge in [0.05, 0.1) is 6.54 Å². The fourth-order valence-electron chi connectivity index (χ4n) is 2.43. The number of nitrogens with zero attached hydrogens (tertiary/aromatic N) is 2. The molecule has 1 saturated carbocycles. The van der Waals surface area contributed by atoms with Crippen LogP contribution in [0, 0.1) is 0 Å². The van der Waals surface area contributed by atoms with Crippen LogP contribution < -0.4 is 10.6 Å². The van der Waals surface area contributed by atoms with Crippen LogP contribution in [-0.4, -0.2) is 73.5 Å². The summed E-state index contributed by atoms with van der Waals surface area (Å²) >= 11 is 0. The summed E-state index contributed by atoms with van der Waals surface area (Å²) < 4.78 is 0. The summed E-state index contributed by atoms with van der Waals surface area (Å²) in [6.45, 7) is 8.24. The van der Waals surface area contributed by atoms with Gasteiger partial charge in [0.15, 0.2) is 0 Å². The monoisotopic (exact) mass is 294 g/mol. The summed E-state index contributed by atoms with van der Waals surface area (Å²) in [6.07, 6.45) is 4.75. The molecule has 2 N–H and O–H groups in total. The van der Waals surface area contributed by atoms with Gasteiger partial charge in [0.25, 0.3) is 0 Å². The molecule has 0 aromatic heterocycles. The summed E-state index contributed by atoms with van der Waals surface area (Å²) in [5.41, 5.74) is 0. The number of hydrogen-bond donors (Lipinski definition) is 2. The van der Waals surface area contributed by atoms with Crippen molar-refractivity contribution >= 4 is 11.8 Å². The van der Waals surface area contributed by atoms with Crippen molar-refractivity contribution in [2.24, 2.45) is 0 Å². The molecule has 0 atom stereocenters. The van der Waals surface area contributed by atoms with Crippen LogP contribution in [-0.2, 0) is 9.59 Å². The van der Waals surface area contributed by atoms with E-state index < -0.39 is 0 Å². The van der Waals surface area contributed by atoms with E-state index >= 15 is 0 Å². The number of carbonyl (C=O) groups excluding carboxylic acids is 2. The molecule has 1 aliphatic carbocycles. The van der Waals surface area contributed by atoms with Gasteiger partial charge in [-0.05, 0) is 12.8 Å². The lowest BCUT2D eigenvalue weighted by Crippen LogP contribution is -2.51. The van der Waals surface area contributed by atoms with Crippen LogP contribution in [0.1, 0.15) is 19.3 Å². The molecular formula is C15H26N4O2. The lowest BCUT2D eigenvalue weighted by Gasteiger charge is -2.34. The maximum absolute atomic E-state index is 12.0. The van der Waals surface area contributed by atoms with Crippen LogP contribution in [0.4, 0.5) is 0 Å². The Bertz CT molecular complexity index is 374. The summed E-state index contributed by atoms with van der Waals surface area (Å²) in [4.78, 5) is 27.7. The SMILES string of the molecule is C=CCNC(=O)CN1CCN(C(=O)CCNC2CC2)CC1. The number of nitrogens with one attached hydrogen (secondary N) is 2. The van der Waals surface area contributed by atoms with Crippen molar-refractivity contribution in [2.75, 3.05) is 45.8 Å². The molecule has 6 nitrogen and oxygen atoms in total. The van der Waals surface area contributed by atoms with Crippen LogP contribution in [0.3, 0.4) is 0 Å². The Morgan fingerprint density at radius 1 is 1.19 bits per heavy atom. The standard InChI is InChI=1S/C15H26N4O2/c1-2-6-17-14(20)12-18-8-10-19(11-9-18)15(21)5-7-16-13-3-4-13/h2,13,16H,1,3-12H2,(H,17,20). The van der Waals surface area contributed by atoms with Crippen LogP contribution in [0.25, 0.3) is 0 Å². The van der Waals surface area contributed by atoms with Gasteiger partial charge in [-0.1, -0.05) is 6.08 Å². The minimum atomic E-state index is 0.0170. The van der Waals surface area contributed by atoms with Gasteiger partial charge in [0, 0.05) is 51.7 Å². The van der Waals surface area contributed by atoms with Crippen molar-refractivity contribution in [3.8, 4) is 0 Å². The average Bonchev–Trinajstić information content (AvgIpc) is 3.30. The summed E-state index contributed by atoms with van der Waals surface area (Å²) in [6, 6.07) is 0.656. The molecule has 21 heavy (non-hydrogen) atoms. The van der Waals surface area contributed by atoms with Gasteiger partial charge in [-0.2, -0.15) is 0 Å². The zero-order valence-corrected chi connectivity index (χ0v) is 12.6. The Morgan fingerprint density at radius 3 is 2.52 bits per heavy atom. The van der Waals surface area contributed by atoms with Gasteiger partial charge in [0.1, 0.15) is 0 Å². The van der Waals surface area contributed by atoms with Gasteiger partial charge in [-0.3, -0.25) is 14.5 Å². The van der Waals surface area contributed by atoms with Crippen LogP contribution in [0.15, 0.2) is 12.7 Å². The summed E-state index contributed by atoms with van der Waals surface area (Å²) in [5.74, 6) is 0.238. The highest BCUT2D eigenvalue weighted by molar-refractivity contribution is 5.78. The topological polar surface area (TPSA) is 64.7 Å². The van der Waals surface area contributed by atoms with Crippen molar-refractivity contribution < 1.29 is 9.59 Å². The average molecular weight is 294 g/mol. The highest BCUT2D eigenvalue weighted by Crippen LogP contribution is 2.18. The molecule has 1 heterocycles. The number of rotatable bonds is 8. The molecule has 0 unspecified atom stereocenters. The number of piperazine rings is 1. The van der Waals surface area contributed by atoms with Crippen molar-refractivity contribution in [1.29, 1.82) is 0 Å². The number of hydrogen-bond acceptors (Lipinski definition) is 4. The van der Waals surface area contributed by atoms with E-state index in [2.05, 4.69) is 22.1 Å². The second-order valence-corrected chi connectivity index (χ2v) is 5.73. The fourth-order valence-corrected chi connectivity index (χ4v) is 2.43. The van der Waals surface area contributed by atoms with Gasteiger partial charge in [0.2, 0.25) is 11.8 Å².